The van der Waals surface area contributed by atoms with Gasteiger partial charge in [0.05, 0.1) is 19.1 Å². The molecule has 0 aromatic rings. The second-order valence-corrected chi connectivity index (χ2v) is 15.5. The van der Waals surface area contributed by atoms with E-state index in [-0.39, 0.29) is 17.1 Å². The minimum Gasteiger partial charge on any atom is -0.469 e. The van der Waals surface area contributed by atoms with Gasteiger partial charge in [0, 0.05) is 13.1 Å². The Balaban J connectivity index is 2.78. The number of piperidine rings is 1. The molecule has 1 rings (SSSR count). The van der Waals surface area contributed by atoms with Crippen LogP contribution in [-0.2, 0) is 18.7 Å². The molecule has 1 amide bonds. The Hall–Kier alpha value is -1.34. The van der Waals surface area contributed by atoms with Gasteiger partial charge in [-0.15, -0.1) is 0 Å². The number of amides is 1. The summed E-state index contributed by atoms with van der Waals surface area (Å²) in [5.41, 5.74) is -0.310. The molecule has 168 valence electrons. The number of rotatable bonds is 6. The van der Waals surface area contributed by atoms with Crippen LogP contribution in [0.15, 0.2) is 12.2 Å². The highest BCUT2D eigenvalue weighted by molar-refractivity contribution is 6.74. The lowest BCUT2D eigenvalue weighted by molar-refractivity contribution is -0.156. The molecule has 0 aromatic carbocycles. The fraction of sp³-hybridized carbons (Fsp3) is 0.818. The molecule has 0 atom stereocenters. The largest absolute Gasteiger partial charge is 0.469 e. The molecule has 7 heteroatoms. The van der Waals surface area contributed by atoms with Crippen molar-refractivity contribution in [1.29, 1.82) is 0 Å². The van der Waals surface area contributed by atoms with Crippen LogP contribution in [0.2, 0.25) is 18.1 Å². The van der Waals surface area contributed by atoms with E-state index in [2.05, 4.69) is 40.4 Å². The van der Waals surface area contributed by atoms with E-state index in [4.69, 9.17) is 13.9 Å². The van der Waals surface area contributed by atoms with Gasteiger partial charge in [0.15, 0.2) is 8.32 Å². The summed E-state index contributed by atoms with van der Waals surface area (Å²) in [5, 5.41) is 0.117. The van der Waals surface area contributed by atoms with Gasteiger partial charge in [-0.2, -0.15) is 0 Å². The maximum atomic E-state index is 12.7. The van der Waals surface area contributed by atoms with Crippen LogP contribution < -0.4 is 0 Å². The first-order valence-corrected chi connectivity index (χ1v) is 13.3. The molecular formula is C22H41NO5Si. The molecule has 0 N–H and O–H groups in total. The third-order valence-corrected chi connectivity index (χ3v) is 10.5. The van der Waals surface area contributed by atoms with Gasteiger partial charge in [-0.3, -0.25) is 4.79 Å². The van der Waals surface area contributed by atoms with Crippen molar-refractivity contribution < 1.29 is 23.5 Å². The van der Waals surface area contributed by atoms with Crippen LogP contribution in [0.5, 0.6) is 0 Å². The van der Waals surface area contributed by atoms with E-state index in [1.54, 1.807) is 4.90 Å². The Labute approximate surface area is 178 Å². The molecule has 0 aliphatic carbocycles. The van der Waals surface area contributed by atoms with E-state index < -0.39 is 19.3 Å². The van der Waals surface area contributed by atoms with Gasteiger partial charge >= 0.3 is 12.1 Å². The van der Waals surface area contributed by atoms with Gasteiger partial charge in [-0.25, -0.2) is 4.79 Å². The van der Waals surface area contributed by atoms with Crippen LogP contribution in [0.1, 0.15) is 60.8 Å². The highest BCUT2D eigenvalue weighted by Crippen LogP contribution is 2.40. The number of carbonyl (C=O) groups is 2. The first-order chi connectivity index (χ1) is 13.0. The molecule has 0 unspecified atom stereocenters. The lowest BCUT2D eigenvalue weighted by atomic mass is 9.74. The fourth-order valence-corrected chi connectivity index (χ4v) is 4.14. The molecule has 0 aromatic heterocycles. The van der Waals surface area contributed by atoms with Crippen LogP contribution in [0, 0.1) is 5.41 Å². The molecule has 1 aliphatic heterocycles. The maximum absolute atomic E-state index is 12.7. The molecule has 1 saturated heterocycles. The number of hydrogen-bond donors (Lipinski definition) is 0. The lowest BCUT2D eigenvalue weighted by Crippen LogP contribution is -2.48. The predicted octanol–water partition coefficient (Wildman–Crippen LogP) is 5.14. The first-order valence-electron chi connectivity index (χ1n) is 10.4. The normalized spacial score (nSPS) is 17.6. The van der Waals surface area contributed by atoms with Gasteiger partial charge in [0.2, 0.25) is 0 Å². The molecule has 1 fully saturated rings. The van der Waals surface area contributed by atoms with E-state index in [0.29, 0.717) is 39.0 Å². The van der Waals surface area contributed by atoms with Crippen LogP contribution in [0.4, 0.5) is 4.79 Å². The zero-order valence-corrected chi connectivity index (χ0v) is 20.9. The quantitative estimate of drug-likeness (QED) is 0.333. The molecule has 0 spiro atoms. The monoisotopic (exact) mass is 427 g/mol. The van der Waals surface area contributed by atoms with Crippen molar-refractivity contribution >= 4 is 20.4 Å². The number of ether oxygens (including phenoxy) is 2. The van der Waals surface area contributed by atoms with Crippen molar-refractivity contribution in [2.75, 3.05) is 26.8 Å². The lowest BCUT2D eigenvalue weighted by Gasteiger charge is -2.41. The average Bonchev–Trinajstić information content (AvgIpc) is 2.57. The van der Waals surface area contributed by atoms with E-state index in [9.17, 15) is 9.59 Å². The Bertz CT molecular complexity index is 608. The third-order valence-electron chi connectivity index (χ3n) is 6.02. The molecule has 0 bridgehead atoms. The summed E-state index contributed by atoms with van der Waals surface area (Å²) in [7, 11) is -0.473. The second-order valence-electron chi connectivity index (χ2n) is 10.7. The smallest absolute Gasteiger partial charge is 0.410 e. The molecule has 0 radical (unpaired) electrons. The number of hydrogen-bond acceptors (Lipinski definition) is 5. The topological polar surface area (TPSA) is 65.1 Å². The number of esters is 1. The first kappa shape index (κ1) is 25.7. The number of likely N-dealkylation sites (tertiary alicyclic amines) is 1. The van der Waals surface area contributed by atoms with Gasteiger partial charge in [-0.05, 0) is 58.2 Å². The number of nitrogens with zero attached hydrogens (tertiary/aromatic N) is 1. The Morgan fingerprint density at radius 1 is 1.07 bits per heavy atom. The summed E-state index contributed by atoms with van der Waals surface area (Å²) in [6.45, 7) is 22.1. The summed E-state index contributed by atoms with van der Waals surface area (Å²) in [6.07, 6.45) is 1.23. The van der Waals surface area contributed by atoms with E-state index in [1.165, 1.54) is 7.11 Å². The molecule has 0 saturated carbocycles. The maximum Gasteiger partial charge on any atom is 0.410 e. The van der Waals surface area contributed by atoms with Gasteiger partial charge in [0.25, 0.3) is 0 Å². The summed E-state index contributed by atoms with van der Waals surface area (Å²) >= 11 is 0. The van der Waals surface area contributed by atoms with Crippen LogP contribution >= 0.6 is 0 Å². The molecular weight excluding hydrogens is 386 g/mol. The summed E-state index contributed by atoms with van der Waals surface area (Å²) in [4.78, 5) is 26.7. The van der Waals surface area contributed by atoms with Crippen molar-refractivity contribution in [2.45, 2.75) is 84.5 Å². The summed E-state index contributed by atoms with van der Waals surface area (Å²) in [6, 6.07) is 0. The van der Waals surface area contributed by atoms with Crippen molar-refractivity contribution in [3.8, 4) is 0 Å². The van der Waals surface area contributed by atoms with Gasteiger partial charge in [-0.1, -0.05) is 32.9 Å². The highest BCUT2D eigenvalue weighted by Gasteiger charge is 2.44. The third kappa shape index (κ3) is 7.14. The van der Waals surface area contributed by atoms with Crippen LogP contribution in [0.25, 0.3) is 0 Å². The number of carbonyl (C=O) groups excluding carboxylic acids is 2. The van der Waals surface area contributed by atoms with Gasteiger partial charge in [0.1, 0.15) is 5.60 Å². The average molecular weight is 428 g/mol. The summed E-state index contributed by atoms with van der Waals surface area (Å²) < 4.78 is 16.9. The van der Waals surface area contributed by atoms with Crippen LogP contribution in [-0.4, -0.2) is 57.7 Å². The van der Waals surface area contributed by atoms with E-state index in [1.807, 2.05) is 20.8 Å². The molecule has 1 heterocycles. The summed E-state index contributed by atoms with van der Waals surface area (Å²) in [5.74, 6) is -0.241. The standard InChI is InChI=1S/C22H41NO5Si/c1-17(16-27-29(9,10)21(5,6)7)15-22(18(24)26-8)11-13-23(14-12-22)19(25)28-20(2,3)4/h1,11-16H2,2-10H3. The molecule has 1 aliphatic rings. The van der Waals surface area contributed by atoms with Gasteiger partial charge < -0.3 is 18.8 Å². The van der Waals surface area contributed by atoms with Crippen LogP contribution in [0.3, 0.4) is 0 Å². The predicted molar refractivity (Wildman–Crippen MR) is 118 cm³/mol. The SMILES string of the molecule is C=C(CO[Si](C)(C)C(C)(C)C)CC1(C(=O)OC)CCN(C(=O)OC(C)(C)C)CC1. The van der Waals surface area contributed by atoms with E-state index >= 15 is 0 Å². The second kappa shape index (κ2) is 9.21. The molecule has 29 heavy (non-hydrogen) atoms. The number of methoxy groups -OCH3 is 1. The van der Waals surface area contributed by atoms with Crippen molar-refractivity contribution in [2.24, 2.45) is 5.41 Å². The zero-order valence-electron chi connectivity index (χ0n) is 19.9. The van der Waals surface area contributed by atoms with Crippen molar-refractivity contribution in [1.82, 2.24) is 4.90 Å². The Morgan fingerprint density at radius 3 is 2.00 bits per heavy atom. The Kier molecular flexibility index (Phi) is 8.16. The van der Waals surface area contributed by atoms with Crippen molar-refractivity contribution in [3.05, 3.63) is 12.2 Å². The fourth-order valence-electron chi connectivity index (χ4n) is 3.14. The zero-order chi connectivity index (χ0) is 22.7. The van der Waals surface area contributed by atoms with E-state index in [0.717, 1.165) is 5.57 Å². The Morgan fingerprint density at radius 2 is 1.59 bits per heavy atom. The van der Waals surface area contributed by atoms with Crippen molar-refractivity contribution in [3.63, 3.8) is 0 Å². The highest BCUT2D eigenvalue weighted by atomic mass is 28.4. The minimum absolute atomic E-state index is 0.117. The minimum atomic E-state index is -1.89. The molecule has 6 nitrogen and oxygen atoms in total.